The fourth-order valence-corrected chi connectivity index (χ4v) is 2.82. The lowest BCUT2D eigenvalue weighted by molar-refractivity contribution is -0.117. The van der Waals surface area contributed by atoms with Gasteiger partial charge in [0.25, 0.3) is 0 Å². The molecule has 4 heteroatoms. The van der Waals surface area contributed by atoms with Crippen molar-refractivity contribution in [3.05, 3.63) is 29.8 Å². The first kappa shape index (κ1) is 20.7. The molecule has 0 radical (unpaired) electrons. The fraction of sp³-hybridized carbons (Fsp3) is 0.650. The Morgan fingerprint density at radius 2 is 1.75 bits per heavy atom. The molecule has 4 nitrogen and oxygen atoms in total. The van der Waals surface area contributed by atoms with Crippen molar-refractivity contribution < 1.29 is 4.79 Å². The van der Waals surface area contributed by atoms with Crippen LogP contribution in [0.1, 0.15) is 52.5 Å². The van der Waals surface area contributed by atoms with Crippen LogP contribution in [0, 0.1) is 5.41 Å². The molecule has 1 rings (SSSR count). The van der Waals surface area contributed by atoms with E-state index in [-0.39, 0.29) is 17.4 Å². The minimum absolute atomic E-state index is 0.00643. The number of benzene rings is 1. The largest absolute Gasteiger partial charge is 0.325 e. The Kier molecular flexibility index (Phi) is 7.91. The van der Waals surface area contributed by atoms with E-state index in [0.29, 0.717) is 5.92 Å². The molecule has 0 bridgehead atoms. The zero-order valence-corrected chi connectivity index (χ0v) is 16.4. The summed E-state index contributed by atoms with van der Waals surface area (Å²) in [6.07, 6.45) is 1.12. The highest BCUT2D eigenvalue weighted by Crippen LogP contribution is 2.20. The zero-order valence-electron chi connectivity index (χ0n) is 16.4. The summed E-state index contributed by atoms with van der Waals surface area (Å²) in [6, 6.07) is 7.95. The third-order valence-corrected chi connectivity index (χ3v) is 4.38. The van der Waals surface area contributed by atoms with E-state index >= 15 is 0 Å². The quantitative estimate of drug-likeness (QED) is 0.724. The average molecular weight is 334 g/mol. The first-order chi connectivity index (χ1) is 11.1. The van der Waals surface area contributed by atoms with E-state index in [9.17, 15) is 4.79 Å². The summed E-state index contributed by atoms with van der Waals surface area (Å²) >= 11 is 0. The molecule has 0 heterocycles. The lowest BCUT2D eigenvalue weighted by Crippen LogP contribution is -2.45. The molecule has 0 fully saturated rings. The maximum atomic E-state index is 12.3. The van der Waals surface area contributed by atoms with Crippen LogP contribution in [0.25, 0.3) is 0 Å². The number of rotatable bonds is 9. The van der Waals surface area contributed by atoms with Gasteiger partial charge in [-0.25, -0.2) is 0 Å². The Labute approximate surface area is 148 Å². The molecule has 0 saturated carbocycles. The second kappa shape index (κ2) is 9.19. The Balaban J connectivity index is 2.52. The van der Waals surface area contributed by atoms with Crippen molar-refractivity contribution in [3.8, 4) is 0 Å². The first-order valence-electron chi connectivity index (χ1n) is 8.93. The monoisotopic (exact) mass is 333 g/mol. The molecule has 1 aromatic rings. The van der Waals surface area contributed by atoms with E-state index in [1.807, 2.05) is 19.1 Å². The maximum absolute atomic E-state index is 12.3. The van der Waals surface area contributed by atoms with Gasteiger partial charge in [0.05, 0.1) is 6.04 Å². The fourth-order valence-electron chi connectivity index (χ4n) is 2.82. The first-order valence-corrected chi connectivity index (χ1v) is 8.93. The van der Waals surface area contributed by atoms with E-state index in [2.05, 4.69) is 69.5 Å². The molecule has 0 aliphatic heterocycles. The minimum atomic E-state index is -0.222. The molecule has 24 heavy (non-hydrogen) atoms. The third-order valence-electron chi connectivity index (χ3n) is 4.38. The van der Waals surface area contributed by atoms with E-state index in [1.165, 1.54) is 5.56 Å². The van der Waals surface area contributed by atoms with Gasteiger partial charge in [-0.15, -0.1) is 0 Å². The van der Waals surface area contributed by atoms with E-state index in [1.54, 1.807) is 0 Å². The summed E-state index contributed by atoms with van der Waals surface area (Å²) in [6.45, 7) is 12.5. The molecule has 2 atom stereocenters. The summed E-state index contributed by atoms with van der Waals surface area (Å²) in [5, 5.41) is 6.34. The molecule has 1 aromatic carbocycles. The van der Waals surface area contributed by atoms with Gasteiger partial charge in [0, 0.05) is 18.8 Å². The lowest BCUT2D eigenvalue weighted by Gasteiger charge is -2.29. The van der Waals surface area contributed by atoms with Gasteiger partial charge in [-0.3, -0.25) is 4.79 Å². The summed E-state index contributed by atoms with van der Waals surface area (Å²) in [7, 11) is 4.14. The molecule has 0 spiro atoms. The number of anilines is 1. The molecule has 0 saturated heterocycles. The van der Waals surface area contributed by atoms with Crippen LogP contribution in [0.3, 0.4) is 0 Å². The van der Waals surface area contributed by atoms with Crippen LogP contribution in [-0.2, 0) is 4.79 Å². The predicted octanol–water partition coefficient (Wildman–Crippen LogP) is 3.70. The van der Waals surface area contributed by atoms with Crippen molar-refractivity contribution in [2.45, 2.75) is 53.0 Å². The van der Waals surface area contributed by atoms with Crippen molar-refractivity contribution in [1.29, 1.82) is 0 Å². The van der Waals surface area contributed by atoms with Crippen LogP contribution in [0.15, 0.2) is 24.3 Å². The standard InChI is InChI=1S/C20H35N3O/c1-8-15(2)17-9-11-18(12-10-17)22-19(24)16(3)21-13-20(4,5)14-23(6)7/h9-12,15-16,21H,8,13-14H2,1-7H3,(H,22,24)/t15-,16-/m1/s1. The SMILES string of the molecule is CC[C@@H](C)c1ccc(NC(=O)[C@@H](C)NCC(C)(C)CN(C)C)cc1. The molecular formula is C20H35N3O. The second-order valence-corrected chi connectivity index (χ2v) is 7.93. The van der Waals surface area contributed by atoms with Gasteiger partial charge in [0.1, 0.15) is 0 Å². The highest BCUT2D eigenvalue weighted by Gasteiger charge is 2.21. The van der Waals surface area contributed by atoms with Crippen molar-refractivity contribution in [1.82, 2.24) is 10.2 Å². The van der Waals surface area contributed by atoms with Gasteiger partial charge < -0.3 is 15.5 Å². The van der Waals surface area contributed by atoms with Gasteiger partial charge in [-0.05, 0) is 56.5 Å². The van der Waals surface area contributed by atoms with Crippen molar-refractivity contribution in [3.63, 3.8) is 0 Å². The normalized spacial score (nSPS) is 14.5. The molecule has 0 unspecified atom stereocenters. The molecule has 0 aromatic heterocycles. The summed E-state index contributed by atoms with van der Waals surface area (Å²) in [4.78, 5) is 14.5. The highest BCUT2D eigenvalue weighted by molar-refractivity contribution is 5.94. The van der Waals surface area contributed by atoms with Crippen molar-refractivity contribution in [2.75, 3.05) is 32.5 Å². The number of nitrogens with one attached hydrogen (secondary N) is 2. The summed E-state index contributed by atoms with van der Waals surface area (Å²) in [5.74, 6) is 0.557. The third kappa shape index (κ3) is 7.02. The van der Waals surface area contributed by atoms with Gasteiger partial charge in [0.2, 0.25) is 5.91 Å². The highest BCUT2D eigenvalue weighted by atomic mass is 16.2. The van der Waals surface area contributed by atoms with E-state index < -0.39 is 0 Å². The molecular weight excluding hydrogens is 298 g/mol. The van der Waals surface area contributed by atoms with Crippen LogP contribution >= 0.6 is 0 Å². The number of hydrogen-bond acceptors (Lipinski definition) is 3. The molecule has 0 aliphatic carbocycles. The number of amides is 1. The molecule has 0 aliphatic rings. The number of carbonyl (C=O) groups excluding carboxylic acids is 1. The Morgan fingerprint density at radius 1 is 1.17 bits per heavy atom. The van der Waals surface area contributed by atoms with Crippen LogP contribution in [0.5, 0.6) is 0 Å². The van der Waals surface area contributed by atoms with Gasteiger partial charge in [-0.1, -0.05) is 39.8 Å². The van der Waals surface area contributed by atoms with E-state index in [4.69, 9.17) is 0 Å². The second-order valence-electron chi connectivity index (χ2n) is 7.93. The average Bonchev–Trinajstić information content (AvgIpc) is 2.51. The van der Waals surface area contributed by atoms with Gasteiger partial charge in [0.15, 0.2) is 0 Å². The molecule has 2 N–H and O–H groups in total. The van der Waals surface area contributed by atoms with Crippen LogP contribution < -0.4 is 10.6 Å². The number of carbonyl (C=O) groups is 1. The smallest absolute Gasteiger partial charge is 0.241 e. The number of nitrogens with zero attached hydrogens (tertiary/aromatic N) is 1. The van der Waals surface area contributed by atoms with Crippen molar-refractivity contribution in [2.24, 2.45) is 5.41 Å². The Bertz CT molecular complexity index is 508. The van der Waals surface area contributed by atoms with Gasteiger partial charge in [-0.2, -0.15) is 0 Å². The topological polar surface area (TPSA) is 44.4 Å². The Morgan fingerprint density at radius 3 is 2.25 bits per heavy atom. The summed E-state index contributed by atoms with van der Waals surface area (Å²) < 4.78 is 0. The van der Waals surface area contributed by atoms with Gasteiger partial charge >= 0.3 is 0 Å². The maximum Gasteiger partial charge on any atom is 0.241 e. The molecule has 1 amide bonds. The van der Waals surface area contributed by atoms with Crippen LogP contribution in [0.2, 0.25) is 0 Å². The molecule has 136 valence electrons. The van der Waals surface area contributed by atoms with Crippen LogP contribution in [-0.4, -0.2) is 44.0 Å². The van der Waals surface area contributed by atoms with E-state index in [0.717, 1.165) is 25.2 Å². The van der Waals surface area contributed by atoms with Crippen molar-refractivity contribution >= 4 is 11.6 Å². The lowest BCUT2D eigenvalue weighted by atomic mass is 9.92. The zero-order chi connectivity index (χ0) is 18.3. The minimum Gasteiger partial charge on any atom is -0.325 e. The summed E-state index contributed by atoms with van der Waals surface area (Å²) in [5.41, 5.74) is 2.29. The number of hydrogen-bond donors (Lipinski definition) is 2. The van der Waals surface area contributed by atoms with Crippen LogP contribution in [0.4, 0.5) is 5.69 Å². The Hall–Kier alpha value is -1.39. The predicted molar refractivity (Wildman–Crippen MR) is 104 cm³/mol.